The van der Waals surface area contributed by atoms with Crippen LogP contribution in [-0.4, -0.2) is 0 Å². The summed E-state index contributed by atoms with van der Waals surface area (Å²) in [5.41, 5.74) is 7.24. The number of nitrogens with zero attached hydrogens (tertiary/aromatic N) is 1. The fourth-order valence-corrected chi connectivity index (χ4v) is 1.68. The highest BCUT2D eigenvalue weighted by Crippen LogP contribution is 2.29. The van der Waals surface area contributed by atoms with Gasteiger partial charge in [0.2, 0.25) is 5.76 Å². The highest BCUT2D eigenvalue weighted by atomic mass is 79.9. The number of nitrogen functional groups attached to an aromatic ring is 1. The molecule has 0 saturated carbocycles. The average molecular weight is 263 g/mol. The Morgan fingerprint density at radius 3 is 2.67 bits per heavy atom. The summed E-state index contributed by atoms with van der Waals surface area (Å²) in [4.78, 5) is 0. The molecule has 0 saturated heterocycles. The van der Waals surface area contributed by atoms with Crippen molar-refractivity contribution >= 4 is 21.6 Å². The standard InChI is InChI=1S/C11H7BrN2O/c12-7-1-3-9(10(14)5-7)11-4-2-8(6-13)15-11/h1-5H,14H2. The summed E-state index contributed by atoms with van der Waals surface area (Å²) in [6, 6.07) is 10.8. The summed E-state index contributed by atoms with van der Waals surface area (Å²) >= 11 is 3.32. The van der Waals surface area contributed by atoms with E-state index in [1.807, 2.05) is 18.2 Å². The summed E-state index contributed by atoms with van der Waals surface area (Å²) in [6.07, 6.45) is 0. The highest BCUT2D eigenvalue weighted by molar-refractivity contribution is 9.10. The first-order valence-electron chi connectivity index (χ1n) is 4.26. The van der Waals surface area contributed by atoms with Gasteiger partial charge >= 0.3 is 0 Å². The first-order chi connectivity index (χ1) is 7.20. The van der Waals surface area contributed by atoms with E-state index in [-0.39, 0.29) is 5.76 Å². The smallest absolute Gasteiger partial charge is 0.204 e. The third-order valence-electron chi connectivity index (χ3n) is 2.00. The summed E-state index contributed by atoms with van der Waals surface area (Å²) in [6.45, 7) is 0. The summed E-state index contributed by atoms with van der Waals surface area (Å²) < 4.78 is 6.20. The van der Waals surface area contributed by atoms with Crippen LogP contribution in [0.2, 0.25) is 0 Å². The van der Waals surface area contributed by atoms with Gasteiger partial charge in [0.25, 0.3) is 0 Å². The molecule has 0 aliphatic heterocycles. The molecule has 3 nitrogen and oxygen atoms in total. The first-order valence-corrected chi connectivity index (χ1v) is 5.05. The average Bonchev–Trinajstić information content (AvgIpc) is 2.66. The van der Waals surface area contributed by atoms with Gasteiger partial charge in [-0.15, -0.1) is 0 Å². The van der Waals surface area contributed by atoms with Gasteiger partial charge in [-0.25, -0.2) is 0 Å². The lowest BCUT2D eigenvalue weighted by Crippen LogP contribution is -1.88. The van der Waals surface area contributed by atoms with Gasteiger partial charge in [0, 0.05) is 15.7 Å². The Bertz CT molecular complexity index is 540. The van der Waals surface area contributed by atoms with Gasteiger partial charge in [0.05, 0.1) is 0 Å². The van der Waals surface area contributed by atoms with Crippen LogP contribution in [0.15, 0.2) is 39.2 Å². The van der Waals surface area contributed by atoms with E-state index in [4.69, 9.17) is 15.4 Å². The highest BCUT2D eigenvalue weighted by Gasteiger charge is 2.07. The van der Waals surface area contributed by atoms with E-state index < -0.39 is 0 Å². The summed E-state index contributed by atoms with van der Waals surface area (Å²) in [5.74, 6) is 0.892. The Morgan fingerprint density at radius 1 is 1.27 bits per heavy atom. The molecule has 0 aliphatic rings. The Hall–Kier alpha value is -1.73. The fraction of sp³-hybridized carbons (Fsp3) is 0. The number of rotatable bonds is 1. The van der Waals surface area contributed by atoms with Crippen molar-refractivity contribution in [2.45, 2.75) is 0 Å². The Balaban J connectivity index is 2.50. The van der Waals surface area contributed by atoms with E-state index in [1.54, 1.807) is 18.2 Å². The number of halogens is 1. The molecular weight excluding hydrogens is 256 g/mol. The largest absolute Gasteiger partial charge is 0.446 e. The topological polar surface area (TPSA) is 63.0 Å². The maximum Gasteiger partial charge on any atom is 0.204 e. The first kappa shape index (κ1) is 9.81. The summed E-state index contributed by atoms with van der Waals surface area (Å²) in [5, 5.41) is 8.63. The monoisotopic (exact) mass is 262 g/mol. The van der Waals surface area contributed by atoms with Gasteiger partial charge in [-0.1, -0.05) is 15.9 Å². The number of nitrogens with two attached hydrogens (primary N) is 1. The second kappa shape index (κ2) is 3.79. The molecule has 0 amide bonds. The molecule has 1 aromatic heterocycles. The molecule has 0 bridgehead atoms. The van der Waals surface area contributed by atoms with Gasteiger partial charge in [-0.2, -0.15) is 5.26 Å². The van der Waals surface area contributed by atoms with Gasteiger partial charge in [-0.3, -0.25) is 0 Å². The Kier molecular flexibility index (Phi) is 2.48. The zero-order valence-electron chi connectivity index (χ0n) is 7.70. The number of hydrogen-bond acceptors (Lipinski definition) is 3. The molecule has 2 N–H and O–H groups in total. The third-order valence-corrected chi connectivity index (χ3v) is 2.49. The minimum atomic E-state index is 0.285. The molecule has 74 valence electrons. The molecule has 0 fully saturated rings. The van der Waals surface area contributed by atoms with Gasteiger partial charge in [0.15, 0.2) is 0 Å². The van der Waals surface area contributed by atoms with Crippen molar-refractivity contribution in [1.82, 2.24) is 0 Å². The van der Waals surface area contributed by atoms with Crippen molar-refractivity contribution in [2.75, 3.05) is 5.73 Å². The second-order valence-electron chi connectivity index (χ2n) is 3.01. The molecule has 0 aliphatic carbocycles. The van der Waals surface area contributed by atoms with Crippen LogP contribution in [0.25, 0.3) is 11.3 Å². The van der Waals surface area contributed by atoms with Crippen LogP contribution >= 0.6 is 15.9 Å². The SMILES string of the molecule is N#Cc1ccc(-c2ccc(Br)cc2N)o1. The van der Waals surface area contributed by atoms with Crippen molar-refractivity contribution in [3.8, 4) is 17.4 Å². The van der Waals surface area contributed by atoms with Crippen LogP contribution < -0.4 is 5.73 Å². The van der Waals surface area contributed by atoms with E-state index in [0.717, 1.165) is 10.0 Å². The van der Waals surface area contributed by atoms with E-state index in [0.29, 0.717) is 11.4 Å². The number of hydrogen-bond donors (Lipinski definition) is 1. The molecule has 0 radical (unpaired) electrons. The van der Waals surface area contributed by atoms with E-state index in [1.165, 1.54) is 0 Å². The minimum Gasteiger partial charge on any atom is -0.446 e. The molecule has 2 rings (SSSR count). The number of furan rings is 1. The molecule has 4 heteroatoms. The summed E-state index contributed by atoms with van der Waals surface area (Å²) in [7, 11) is 0. The second-order valence-corrected chi connectivity index (χ2v) is 3.92. The van der Waals surface area contributed by atoms with Crippen LogP contribution in [0, 0.1) is 11.3 Å². The normalized spacial score (nSPS) is 9.87. The Labute approximate surface area is 95.2 Å². The maximum absolute atomic E-state index is 8.63. The zero-order valence-corrected chi connectivity index (χ0v) is 9.28. The van der Waals surface area contributed by atoms with Crippen molar-refractivity contribution in [1.29, 1.82) is 5.26 Å². The molecule has 15 heavy (non-hydrogen) atoms. The van der Waals surface area contributed by atoms with E-state index >= 15 is 0 Å². The lowest BCUT2D eigenvalue weighted by molar-refractivity contribution is 0.567. The van der Waals surface area contributed by atoms with E-state index in [9.17, 15) is 0 Å². The molecule has 2 aromatic rings. The van der Waals surface area contributed by atoms with Gasteiger partial charge in [0.1, 0.15) is 11.8 Å². The quantitative estimate of drug-likeness (QED) is 0.803. The molecule has 1 heterocycles. The Morgan fingerprint density at radius 2 is 2.07 bits per heavy atom. The van der Waals surface area contributed by atoms with Gasteiger partial charge in [-0.05, 0) is 30.3 Å². The van der Waals surface area contributed by atoms with Crippen molar-refractivity contribution in [2.24, 2.45) is 0 Å². The van der Waals surface area contributed by atoms with Crippen molar-refractivity contribution < 1.29 is 4.42 Å². The van der Waals surface area contributed by atoms with Crippen LogP contribution in [0.5, 0.6) is 0 Å². The maximum atomic E-state index is 8.63. The predicted molar refractivity (Wildman–Crippen MR) is 61.0 cm³/mol. The lowest BCUT2D eigenvalue weighted by Gasteiger charge is -2.02. The third kappa shape index (κ3) is 1.88. The lowest BCUT2D eigenvalue weighted by atomic mass is 10.1. The molecule has 0 spiro atoms. The van der Waals surface area contributed by atoms with Gasteiger partial charge < -0.3 is 10.2 Å². The predicted octanol–water partition coefficient (Wildman–Crippen LogP) is 3.16. The minimum absolute atomic E-state index is 0.285. The molecular formula is C11H7BrN2O. The van der Waals surface area contributed by atoms with Crippen LogP contribution in [0.3, 0.4) is 0 Å². The molecule has 0 atom stereocenters. The zero-order chi connectivity index (χ0) is 10.8. The van der Waals surface area contributed by atoms with Crippen LogP contribution in [0.1, 0.15) is 5.76 Å². The van der Waals surface area contributed by atoms with Crippen molar-refractivity contribution in [3.05, 3.63) is 40.6 Å². The molecule has 1 aromatic carbocycles. The number of anilines is 1. The number of nitriles is 1. The fourth-order valence-electron chi connectivity index (χ4n) is 1.30. The van der Waals surface area contributed by atoms with Crippen molar-refractivity contribution in [3.63, 3.8) is 0 Å². The van der Waals surface area contributed by atoms with Crippen LogP contribution in [-0.2, 0) is 0 Å². The van der Waals surface area contributed by atoms with Crippen LogP contribution in [0.4, 0.5) is 5.69 Å². The van der Waals surface area contributed by atoms with E-state index in [2.05, 4.69) is 15.9 Å². The number of benzene rings is 1. The molecule has 0 unspecified atom stereocenters.